The van der Waals surface area contributed by atoms with Crippen LogP contribution in [-0.4, -0.2) is 114 Å². The smallest absolute Gasteiger partial charge is 0.142 e. The second-order valence-corrected chi connectivity index (χ2v) is 8.06. The van der Waals surface area contributed by atoms with Gasteiger partial charge in [0.05, 0.1) is 13.2 Å². The van der Waals surface area contributed by atoms with Crippen LogP contribution in [0.4, 0.5) is 0 Å². The minimum absolute atomic E-state index is 0.563. The molecule has 0 bridgehead atoms. The summed E-state index contributed by atoms with van der Waals surface area (Å²) in [6.07, 6.45) is -11.0. The van der Waals surface area contributed by atoms with Crippen molar-refractivity contribution >= 4 is 21.6 Å². The first-order chi connectivity index (χ1) is 11.3. The maximum atomic E-state index is 9.93. The maximum absolute atomic E-state index is 9.93. The summed E-state index contributed by atoms with van der Waals surface area (Å²) < 4.78 is 10.6. The van der Waals surface area contributed by atoms with Gasteiger partial charge in [0.2, 0.25) is 0 Å². The Balaban J connectivity index is 1.96. The van der Waals surface area contributed by atoms with Crippen LogP contribution in [0.3, 0.4) is 0 Å². The van der Waals surface area contributed by atoms with Crippen molar-refractivity contribution in [3.63, 3.8) is 0 Å². The fraction of sp³-hybridized carbons (Fsp3) is 1.00. The molecule has 2 unspecified atom stereocenters. The van der Waals surface area contributed by atoms with E-state index >= 15 is 0 Å². The predicted octanol–water partition coefficient (Wildman–Crippen LogP) is -4.03. The summed E-state index contributed by atoms with van der Waals surface area (Å²) in [5, 5.41) is 76.9. The third kappa shape index (κ3) is 4.16. The zero-order chi connectivity index (χ0) is 18.0. The van der Waals surface area contributed by atoms with E-state index in [1.165, 1.54) is 0 Å². The fourth-order valence-electron chi connectivity index (χ4n) is 2.40. The topological polar surface area (TPSA) is 180 Å². The molecule has 2 aliphatic rings. The highest BCUT2D eigenvalue weighted by Gasteiger charge is 2.47. The lowest BCUT2D eigenvalue weighted by Gasteiger charge is -2.42. The van der Waals surface area contributed by atoms with Crippen molar-refractivity contribution in [2.75, 3.05) is 13.2 Å². The van der Waals surface area contributed by atoms with Gasteiger partial charge in [0, 0.05) is 0 Å². The number of aliphatic hydroxyl groups excluding tert-OH is 8. The van der Waals surface area contributed by atoms with Gasteiger partial charge >= 0.3 is 0 Å². The molecule has 8 N–H and O–H groups in total. The SMILES string of the molecule is OC[C@H]1OC(SSC2O[C@H](CO)[C@H](O)[C@H](O)[C@H]2O)[C@H](O)[C@@H](O)[C@H]1O. The van der Waals surface area contributed by atoms with Crippen LogP contribution in [0.25, 0.3) is 0 Å². The summed E-state index contributed by atoms with van der Waals surface area (Å²) in [4.78, 5) is 0. The van der Waals surface area contributed by atoms with Gasteiger partial charge in [0.1, 0.15) is 59.7 Å². The maximum Gasteiger partial charge on any atom is 0.142 e. The number of hydrogen-bond acceptors (Lipinski definition) is 12. The van der Waals surface area contributed by atoms with E-state index in [4.69, 9.17) is 19.7 Å². The van der Waals surface area contributed by atoms with Crippen LogP contribution >= 0.6 is 21.6 Å². The van der Waals surface area contributed by atoms with Gasteiger partial charge in [-0.2, -0.15) is 0 Å². The molecule has 0 aliphatic carbocycles. The molecule has 2 aliphatic heterocycles. The highest BCUT2D eigenvalue weighted by atomic mass is 33.1. The van der Waals surface area contributed by atoms with Gasteiger partial charge in [-0.3, -0.25) is 0 Å². The monoisotopic (exact) mass is 390 g/mol. The standard InChI is InChI=1S/C12H22O10S2/c13-1-3-5(15)7(17)9(19)11(21-3)23-24-12-10(20)8(18)6(16)4(2-14)22-12/h3-20H,1-2H2/t3-,4-,5+,6+,7+,8+,9-,10-,11?,12?/m1/s1. The summed E-state index contributed by atoms with van der Waals surface area (Å²) >= 11 is 0. The van der Waals surface area contributed by atoms with Crippen LogP contribution in [-0.2, 0) is 9.47 Å². The van der Waals surface area contributed by atoms with Crippen LogP contribution < -0.4 is 0 Å². The van der Waals surface area contributed by atoms with Gasteiger partial charge in [0.15, 0.2) is 0 Å². The van der Waals surface area contributed by atoms with Gasteiger partial charge in [-0.25, -0.2) is 0 Å². The van der Waals surface area contributed by atoms with Crippen LogP contribution in [0.15, 0.2) is 0 Å². The van der Waals surface area contributed by atoms with Gasteiger partial charge in [-0.1, -0.05) is 21.6 Å². The molecule has 0 radical (unpaired) electrons. The van der Waals surface area contributed by atoms with E-state index < -0.39 is 72.9 Å². The lowest BCUT2D eigenvalue weighted by molar-refractivity contribution is -0.206. The first kappa shape index (κ1) is 20.6. The quantitative estimate of drug-likeness (QED) is 0.213. The number of ether oxygens (including phenoxy) is 2. The van der Waals surface area contributed by atoms with Crippen LogP contribution in [0.5, 0.6) is 0 Å². The van der Waals surface area contributed by atoms with Gasteiger partial charge in [0.25, 0.3) is 0 Å². The van der Waals surface area contributed by atoms with Gasteiger partial charge < -0.3 is 50.3 Å². The minimum atomic E-state index is -1.52. The Hall–Kier alpha value is 0.300. The Bertz CT molecular complexity index is 364. The summed E-state index contributed by atoms with van der Waals surface area (Å²) in [5.41, 5.74) is -2.09. The molecule has 0 aromatic carbocycles. The third-order valence-electron chi connectivity index (χ3n) is 3.94. The average molecular weight is 390 g/mol. The molecular weight excluding hydrogens is 368 g/mol. The first-order valence-electron chi connectivity index (χ1n) is 7.25. The molecule has 0 spiro atoms. The van der Waals surface area contributed by atoms with E-state index in [1.54, 1.807) is 0 Å². The first-order valence-corrected chi connectivity index (χ1v) is 9.52. The van der Waals surface area contributed by atoms with Crippen LogP contribution in [0.1, 0.15) is 0 Å². The second-order valence-electron chi connectivity index (χ2n) is 5.59. The molecule has 2 heterocycles. The summed E-state index contributed by atoms with van der Waals surface area (Å²) in [7, 11) is 1.72. The fourth-order valence-corrected chi connectivity index (χ4v) is 5.16. The predicted molar refractivity (Wildman–Crippen MR) is 82.7 cm³/mol. The molecule has 0 aromatic heterocycles. The van der Waals surface area contributed by atoms with Gasteiger partial charge in [-0.05, 0) is 0 Å². The molecule has 24 heavy (non-hydrogen) atoms. The Morgan fingerprint density at radius 1 is 0.542 bits per heavy atom. The molecule has 2 saturated heterocycles. The lowest BCUT2D eigenvalue weighted by Crippen LogP contribution is -2.58. The van der Waals surface area contributed by atoms with E-state index in [9.17, 15) is 30.6 Å². The van der Waals surface area contributed by atoms with Crippen molar-refractivity contribution in [1.82, 2.24) is 0 Å². The molecule has 10 atom stereocenters. The Kier molecular flexibility index (Phi) is 7.55. The highest BCUT2D eigenvalue weighted by molar-refractivity contribution is 8.77. The molecule has 0 saturated carbocycles. The molecule has 2 fully saturated rings. The number of rotatable bonds is 5. The summed E-state index contributed by atoms with van der Waals surface area (Å²) in [5.74, 6) is 0. The van der Waals surface area contributed by atoms with Crippen molar-refractivity contribution in [2.45, 2.75) is 59.7 Å². The molecule has 12 heteroatoms. The second kappa shape index (κ2) is 8.79. The molecule has 2 rings (SSSR count). The summed E-state index contributed by atoms with van der Waals surface area (Å²) in [6, 6.07) is 0. The third-order valence-corrected chi connectivity index (χ3v) is 6.68. The van der Waals surface area contributed by atoms with E-state index in [2.05, 4.69) is 0 Å². The molecule has 0 amide bonds. The zero-order valence-electron chi connectivity index (χ0n) is 12.4. The Labute approximate surface area is 145 Å². The lowest BCUT2D eigenvalue weighted by atomic mass is 10.0. The Morgan fingerprint density at radius 3 is 1.17 bits per heavy atom. The number of hydrogen-bond donors (Lipinski definition) is 8. The van der Waals surface area contributed by atoms with Crippen molar-refractivity contribution in [1.29, 1.82) is 0 Å². The molecule has 10 nitrogen and oxygen atoms in total. The van der Waals surface area contributed by atoms with Crippen LogP contribution in [0.2, 0.25) is 0 Å². The average Bonchev–Trinajstić information content (AvgIpc) is 2.58. The zero-order valence-corrected chi connectivity index (χ0v) is 14.0. The van der Waals surface area contributed by atoms with Gasteiger partial charge in [-0.15, -0.1) is 0 Å². The Morgan fingerprint density at radius 2 is 0.875 bits per heavy atom. The van der Waals surface area contributed by atoms with Crippen LogP contribution in [0, 0.1) is 0 Å². The minimum Gasteiger partial charge on any atom is -0.394 e. The van der Waals surface area contributed by atoms with Crippen molar-refractivity contribution in [3.05, 3.63) is 0 Å². The van der Waals surface area contributed by atoms with Crippen molar-refractivity contribution in [3.8, 4) is 0 Å². The normalized spacial score (nSPS) is 50.0. The highest BCUT2D eigenvalue weighted by Crippen LogP contribution is 2.41. The largest absolute Gasteiger partial charge is 0.394 e. The van der Waals surface area contributed by atoms with E-state index in [1.807, 2.05) is 0 Å². The number of aliphatic hydroxyl groups is 8. The summed E-state index contributed by atoms with van der Waals surface area (Å²) in [6.45, 7) is -1.13. The molecule has 0 aromatic rings. The van der Waals surface area contributed by atoms with E-state index in [0.29, 0.717) is 0 Å². The molecular formula is C12H22O10S2. The molecule has 142 valence electrons. The van der Waals surface area contributed by atoms with Crippen molar-refractivity contribution in [2.24, 2.45) is 0 Å². The van der Waals surface area contributed by atoms with Crippen molar-refractivity contribution < 1.29 is 50.3 Å². The van der Waals surface area contributed by atoms with E-state index in [-0.39, 0.29) is 0 Å². The van der Waals surface area contributed by atoms with E-state index in [0.717, 1.165) is 21.6 Å².